The highest BCUT2D eigenvalue weighted by atomic mass is 31.0. The van der Waals surface area contributed by atoms with Crippen LogP contribution < -0.4 is 10.8 Å². The largest absolute Gasteiger partial charge is 0.337 e. The molecule has 2 heterocycles. The molecule has 0 amide bonds. The molecular weight excluding hydrogens is 231 g/mol. The maximum absolute atomic E-state index is 4.33. The number of nitrogens with zero attached hydrogens (tertiary/aromatic N) is 3. The molecule has 1 aromatic carbocycles. The van der Waals surface area contributed by atoms with Crippen LogP contribution in [0.3, 0.4) is 0 Å². The number of hydrogen-bond donors (Lipinski definition) is 1. The average molecular weight is 242 g/mol. The highest BCUT2D eigenvalue weighted by molar-refractivity contribution is 7.27. The fourth-order valence-electron chi connectivity index (χ4n) is 1.68. The molecule has 3 aromatic rings. The van der Waals surface area contributed by atoms with E-state index in [0.29, 0.717) is 0 Å². The number of anilines is 2. The van der Waals surface area contributed by atoms with Crippen molar-refractivity contribution in [3.05, 3.63) is 48.9 Å². The van der Waals surface area contributed by atoms with E-state index in [1.807, 2.05) is 40.9 Å². The van der Waals surface area contributed by atoms with E-state index >= 15 is 0 Å². The average Bonchev–Trinajstić information content (AvgIpc) is 2.74. The zero-order chi connectivity index (χ0) is 11.7. The van der Waals surface area contributed by atoms with Gasteiger partial charge in [-0.15, -0.1) is 0 Å². The van der Waals surface area contributed by atoms with Crippen LogP contribution in [-0.2, 0) is 0 Å². The molecule has 0 spiro atoms. The minimum atomic E-state index is 0.757. The van der Waals surface area contributed by atoms with Gasteiger partial charge in [0.1, 0.15) is 0 Å². The number of nitrogens with one attached hydrogen (secondary N) is 1. The van der Waals surface area contributed by atoms with Crippen LogP contribution in [-0.4, -0.2) is 14.4 Å². The normalized spacial score (nSPS) is 10.6. The van der Waals surface area contributed by atoms with E-state index in [0.717, 1.165) is 22.6 Å². The van der Waals surface area contributed by atoms with Gasteiger partial charge in [0.2, 0.25) is 0 Å². The lowest BCUT2D eigenvalue weighted by Crippen LogP contribution is -2.02. The lowest BCUT2D eigenvalue weighted by atomic mass is 10.3. The van der Waals surface area contributed by atoms with Crippen molar-refractivity contribution < 1.29 is 0 Å². The number of imidazole rings is 1. The van der Waals surface area contributed by atoms with E-state index in [2.05, 4.69) is 24.5 Å². The number of benzene rings is 1. The SMILES string of the molecule is Pc1cnc2c(Nc3ccccc3)nccn12. The third-order valence-corrected chi connectivity index (χ3v) is 2.92. The summed E-state index contributed by atoms with van der Waals surface area (Å²) in [4.78, 5) is 8.64. The molecule has 0 radical (unpaired) electrons. The maximum atomic E-state index is 4.33. The van der Waals surface area contributed by atoms with Gasteiger partial charge in [-0.3, -0.25) is 4.40 Å². The Hall–Kier alpha value is -1.93. The van der Waals surface area contributed by atoms with Crippen molar-refractivity contribution in [2.75, 3.05) is 5.32 Å². The first-order valence-electron chi connectivity index (χ1n) is 5.24. The van der Waals surface area contributed by atoms with Gasteiger partial charge in [0.15, 0.2) is 11.5 Å². The molecule has 0 aliphatic carbocycles. The van der Waals surface area contributed by atoms with E-state index in [4.69, 9.17) is 0 Å². The highest BCUT2D eigenvalue weighted by Gasteiger charge is 2.05. The fourth-order valence-corrected chi connectivity index (χ4v) is 1.97. The number of fused-ring (bicyclic) bond motifs is 1. The molecule has 0 saturated heterocycles. The zero-order valence-electron chi connectivity index (χ0n) is 9.04. The van der Waals surface area contributed by atoms with E-state index in [1.165, 1.54) is 0 Å². The number of rotatable bonds is 2. The summed E-state index contributed by atoms with van der Waals surface area (Å²) in [5.41, 5.74) is 2.83. The van der Waals surface area contributed by atoms with Crippen molar-refractivity contribution in [2.24, 2.45) is 0 Å². The molecular formula is C12H11N4P. The lowest BCUT2D eigenvalue weighted by molar-refractivity contribution is 1.15. The summed E-state index contributed by atoms with van der Waals surface area (Å²) >= 11 is 0. The molecule has 1 atom stereocenters. The summed E-state index contributed by atoms with van der Waals surface area (Å²) in [6.07, 6.45) is 5.45. The first kappa shape index (κ1) is 10.2. The van der Waals surface area contributed by atoms with Crippen LogP contribution in [0, 0.1) is 0 Å². The van der Waals surface area contributed by atoms with Crippen LogP contribution in [0.25, 0.3) is 5.65 Å². The summed E-state index contributed by atoms with van der Waals surface area (Å²) in [5, 5.41) is 3.26. The third kappa shape index (κ3) is 1.87. The van der Waals surface area contributed by atoms with Gasteiger partial charge >= 0.3 is 0 Å². The molecule has 4 nitrogen and oxygen atoms in total. The molecule has 5 heteroatoms. The molecule has 0 bridgehead atoms. The van der Waals surface area contributed by atoms with Crippen LogP contribution in [0.4, 0.5) is 11.5 Å². The van der Waals surface area contributed by atoms with Crippen molar-refractivity contribution in [3.63, 3.8) is 0 Å². The fraction of sp³-hybridized carbons (Fsp3) is 0. The Balaban J connectivity index is 2.06. The van der Waals surface area contributed by atoms with Crippen molar-refractivity contribution >= 4 is 31.8 Å². The molecule has 1 N–H and O–H groups in total. The van der Waals surface area contributed by atoms with E-state index < -0.39 is 0 Å². The molecule has 0 aliphatic rings. The molecule has 17 heavy (non-hydrogen) atoms. The summed E-state index contributed by atoms with van der Waals surface area (Å²) in [5.74, 6) is 0.757. The van der Waals surface area contributed by atoms with Crippen LogP contribution in [0.15, 0.2) is 48.9 Å². The Morgan fingerprint density at radius 1 is 1.12 bits per heavy atom. The summed E-state index contributed by atoms with van der Waals surface area (Å²) in [6.45, 7) is 0. The first-order chi connectivity index (χ1) is 8.34. The Labute approximate surface area is 101 Å². The second kappa shape index (κ2) is 4.15. The van der Waals surface area contributed by atoms with Crippen LogP contribution in [0.5, 0.6) is 0 Å². The first-order valence-corrected chi connectivity index (χ1v) is 5.82. The maximum Gasteiger partial charge on any atom is 0.180 e. The molecule has 0 aliphatic heterocycles. The second-order valence-electron chi connectivity index (χ2n) is 3.64. The van der Waals surface area contributed by atoms with Crippen molar-refractivity contribution in [1.29, 1.82) is 0 Å². The Bertz CT molecular complexity index is 648. The minimum Gasteiger partial charge on any atom is -0.337 e. The van der Waals surface area contributed by atoms with Gasteiger partial charge in [0.25, 0.3) is 0 Å². The quantitative estimate of drug-likeness (QED) is 0.699. The van der Waals surface area contributed by atoms with E-state index in [-0.39, 0.29) is 0 Å². The summed E-state index contributed by atoms with van der Waals surface area (Å²) in [7, 11) is 2.65. The van der Waals surface area contributed by atoms with Crippen LogP contribution in [0.1, 0.15) is 0 Å². The predicted molar refractivity (Wildman–Crippen MR) is 72.1 cm³/mol. The Morgan fingerprint density at radius 2 is 1.94 bits per heavy atom. The van der Waals surface area contributed by atoms with E-state index in [1.54, 1.807) is 12.4 Å². The number of para-hydroxylation sites is 1. The molecule has 1 unspecified atom stereocenters. The summed E-state index contributed by atoms with van der Waals surface area (Å²) < 4.78 is 1.98. The van der Waals surface area contributed by atoms with Gasteiger partial charge in [0, 0.05) is 18.1 Å². The van der Waals surface area contributed by atoms with Crippen LogP contribution >= 0.6 is 9.24 Å². The van der Waals surface area contributed by atoms with Crippen molar-refractivity contribution in [1.82, 2.24) is 14.4 Å². The van der Waals surface area contributed by atoms with Crippen molar-refractivity contribution in [2.45, 2.75) is 0 Å². The third-order valence-electron chi connectivity index (χ3n) is 2.49. The highest BCUT2D eigenvalue weighted by Crippen LogP contribution is 2.17. The number of hydrogen-bond acceptors (Lipinski definition) is 3. The predicted octanol–water partition coefficient (Wildman–Crippen LogP) is 1.97. The lowest BCUT2D eigenvalue weighted by Gasteiger charge is -2.06. The molecule has 84 valence electrons. The standard InChI is InChI=1S/C12H11N4P/c17-10-8-14-12-11(13-6-7-16(10)12)15-9-4-2-1-3-5-9/h1-8H,17H2,(H,13,15). The second-order valence-corrected chi connectivity index (χ2v) is 4.24. The van der Waals surface area contributed by atoms with Gasteiger partial charge in [0.05, 0.1) is 11.6 Å². The van der Waals surface area contributed by atoms with Crippen LogP contribution in [0.2, 0.25) is 0 Å². The van der Waals surface area contributed by atoms with Gasteiger partial charge in [-0.05, 0) is 12.1 Å². The van der Waals surface area contributed by atoms with Crippen molar-refractivity contribution in [3.8, 4) is 0 Å². The number of aromatic nitrogens is 3. The monoisotopic (exact) mass is 242 g/mol. The smallest absolute Gasteiger partial charge is 0.180 e. The summed E-state index contributed by atoms with van der Waals surface area (Å²) in [6, 6.07) is 9.94. The molecule has 3 rings (SSSR count). The van der Waals surface area contributed by atoms with E-state index in [9.17, 15) is 0 Å². The molecule has 2 aromatic heterocycles. The van der Waals surface area contributed by atoms with Gasteiger partial charge in [-0.25, -0.2) is 9.97 Å². The van der Waals surface area contributed by atoms with Gasteiger partial charge < -0.3 is 5.32 Å². The minimum absolute atomic E-state index is 0.757. The zero-order valence-corrected chi connectivity index (χ0v) is 10.2. The molecule has 0 fully saturated rings. The van der Waals surface area contributed by atoms with Gasteiger partial charge in [-0.2, -0.15) is 0 Å². The Morgan fingerprint density at radius 3 is 2.76 bits per heavy atom. The topological polar surface area (TPSA) is 42.2 Å². The van der Waals surface area contributed by atoms with Gasteiger partial charge in [-0.1, -0.05) is 27.4 Å². The Kier molecular flexibility index (Phi) is 2.50. The molecule has 0 saturated carbocycles.